The van der Waals surface area contributed by atoms with Crippen molar-refractivity contribution >= 4 is 23.3 Å². The Morgan fingerprint density at radius 1 is 1.17 bits per heavy atom. The minimum atomic E-state index is -0.833. The van der Waals surface area contributed by atoms with E-state index in [9.17, 15) is 14.0 Å². The van der Waals surface area contributed by atoms with Crippen LogP contribution in [0.1, 0.15) is 22.0 Å². The second-order valence-electron chi connectivity index (χ2n) is 6.68. The second-order valence-corrected chi connectivity index (χ2v) is 6.68. The Balaban J connectivity index is 1.62. The van der Waals surface area contributed by atoms with Crippen LogP contribution >= 0.6 is 0 Å². The van der Waals surface area contributed by atoms with E-state index < -0.39 is 17.9 Å². The number of primary amides is 2. The molecular weight excluding hydrogens is 391 g/mol. The van der Waals surface area contributed by atoms with Gasteiger partial charge in [-0.25, -0.2) is 9.37 Å². The number of carbonyl (C=O) groups excluding carboxylic acids is 2. The first kappa shape index (κ1) is 19.2. The molecule has 1 aliphatic carbocycles. The quantitative estimate of drug-likeness (QED) is 0.648. The molecule has 0 radical (unpaired) electrons. The van der Waals surface area contributed by atoms with E-state index in [1.165, 1.54) is 18.4 Å². The first-order valence-corrected chi connectivity index (χ1v) is 9.00. The van der Waals surface area contributed by atoms with Gasteiger partial charge in [0.05, 0.1) is 17.8 Å². The summed E-state index contributed by atoms with van der Waals surface area (Å²) in [5.41, 5.74) is 12.3. The van der Waals surface area contributed by atoms with Gasteiger partial charge in [-0.05, 0) is 17.7 Å². The Hall–Kier alpha value is -4.08. The third kappa shape index (κ3) is 3.75. The predicted octanol–water partition coefficient (Wildman–Crippen LogP) is 1.06. The van der Waals surface area contributed by atoms with Gasteiger partial charge in [-0.15, -0.1) is 0 Å². The first-order valence-electron chi connectivity index (χ1n) is 9.00. The zero-order chi connectivity index (χ0) is 21.3. The summed E-state index contributed by atoms with van der Waals surface area (Å²) in [7, 11) is 0. The van der Waals surface area contributed by atoms with Gasteiger partial charge < -0.3 is 21.5 Å². The zero-order valence-electron chi connectivity index (χ0n) is 15.6. The Bertz CT molecular complexity index is 1130. The van der Waals surface area contributed by atoms with Crippen LogP contribution in [0.25, 0.3) is 5.57 Å². The van der Waals surface area contributed by atoms with E-state index in [-0.39, 0.29) is 35.9 Å². The molecule has 9 nitrogen and oxygen atoms in total. The fourth-order valence-electron chi connectivity index (χ4n) is 3.26. The van der Waals surface area contributed by atoms with Crippen LogP contribution in [-0.2, 0) is 16.1 Å². The molecule has 2 aromatic rings. The van der Waals surface area contributed by atoms with Crippen LogP contribution in [0.5, 0.6) is 0 Å². The largest absolute Gasteiger partial charge is 0.492 e. The van der Waals surface area contributed by atoms with Gasteiger partial charge >= 0.3 is 0 Å². The summed E-state index contributed by atoms with van der Waals surface area (Å²) in [6, 6.07) is 6.02. The molecule has 30 heavy (non-hydrogen) atoms. The van der Waals surface area contributed by atoms with Crippen molar-refractivity contribution in [3.8, 4) is 0 Å². The van der Waals surface area contributed by atoms with Crippen LogP contribution in [0.4, 0.5) is 10.3 Å². The fourth-order valence-corrected chi connectivity index (χ4v) is 3.26. The molecule has 0 saturated carbocycles. The van der Waals surface area contributed by atoms with Gasteiger partial charge in [-0.2, -0.15) is 9.97 Å². The lowest BCUT2D eigenvalue weighted by molar-refractivity contribution is -0.115. The first-order chi connectivity index (χ1) is 14.4. The van der Waals surface area contributed by atoms with Crippen LogP contribution in [0.3, 0.4) is 0 Å². The monoisotopic (exact) mass is 408 g/mol. The number of aromatic nitrogens is 3. The molecule has 5 N–H and O–H groups in total. The Labute approximate surface area is 170 Å². The summed E-state index contributed by atoms with van der Waals surface area (Å²) >= 11 is 0. The van der Waals surface area contributed by atoms with E-state index in [1.807, 2.05) is 6.08 Å². The van der Waals surface area contributed by atoms with Gasteiger partial charge in [0.25, 0.3) is 5.91 Å². The lowest BCUT2D eigenvalue weighted by atomic mass is 9.86. The number of amides is 2. The molecule has 1 aromatic carbocycles. The van der Waals surface area contributed by atoms with E-state index in [2.05, 4.69) is 20.3 Å². The Morgan fingerprint density at radius 3 is 2.73 bits per heavy atom. The SMILES string of the molecule is NC(=O)C1=CC=CC2C(c3nc(NCc4cccc(F)c4)nc(C(N)=O)n3)=COC12. The van der Waals surface area contributed by atoms with Gasteiger partial charge in [-0.3, -0.25) is 9.59 Å². The normalized spacial score (nSPS) is 19.4. The molecule has 152 valence electrons. The summed E-state index contributed by atoms with van der Waals surface area (Å²) in [5, 5.41) is 2.94. The van der Waals surface area contributed by atoms with Crippen molar-refractivity contribution in [3.63, 3.8) is 0 Å². The highest BCUT2D eigenvalue weighted by atomic mass is 19.1. The van der Waals surface area contributed by atoms with Crippen molar-refractivity contribution < 1.29 is 18.7 Å². The summed E-state index contributed by atoms with van der Waals surface area (Å²) < 4.78 is 19.0. The number of benzene rings is 1. The molecule has 1 aliphatic heterocycles. The predicted molar refractivity (Wildman–Crippen MR) is 105 cm³/mol. The van der Waals surface area contributed by atoms with Gasteiger partial charge in [0.2, 0.25) is 17.7 Å². The van der Waals surface area contributed by atoms with E-state index >= 15 is 0 Å². The number of anilines is 1. The highest BCUT2D eigenvalue weighted by molar-refractivity contribution is 5.95. The van der Waals surface area contributed by atoms with E-state index in [0.29, 0.717) is 16.7 Å². The van der Waals surface area contributed by atoms with Gasteiger partial charge in [0, 0.05) is 12.1 Å². The highest BCUT2D eigenvalue weighted by Gasteiger charge is 2.38. The lowest BCUT2D eigenvalue weighted by Crippen LogP contribution is -2.30. The van der Waals surface area contributed by atoms with E-state index in [0.717, 1.165) is 0 Å². The third-order valence-corrected chi connectivity index (χ3v) is 4.67. The van der Waals surface area contributed by atoms with Crippen LogP contribution < -0.4 is 16.8 Å². The standard InChI is InChI=1S/C20H17FN6O3/c21-11-4-1-3-10(7-11)8-24-20-26-18(25-19(27-20)17(23)29)14-9-30-15-12(14)5-2-6-13(15)16(22)28/h1-7,9,12,15H,8H2,(H2,22,28)(H2,23,29)(H,24,25,26,27). The lowest BCUT2D eigenvalue weighted by Gasteiger charge is -2.21. The Kier molecular flexibility index (Phi) is 4.97. The average Bonchev–Trinajstić information content (AvgIpc) is 3.16. The van der Waals surface area contributed by atoms with Crippen LogP contribution in [0, 0.1) is 11.7 Å². The maximum atomic E-state index is 13.4. The molecule has 0 spiro atoms. The molecule has 0 saturated heterocycles. The molecule has 0 bridgehead atoms. The van der Waals surface area contributed by atoms with Crippen molar-refractivity contribution in [2.45, 2.75) is 12.6 Å². The number of rotatable bonds is 6. The molecular formula is C20H17FN6O3. The van der Waals surface area contributed by atoms with Gasteiger partial charge in [0.1, 0.15) is 11.9 Å². The van der Waals surface area contributed by atoms with Crippen molar-refractivity contribution in [1.82, 2.24) is 15.0 Å². The Morgan fingerprint density at radius 2 is 2.00 bits per heavy atom. The number of hydrogen-bond donors (Lipinski definition) is 3. The number of allylic oxidation sites excluding steroid dienone is 2. The van der Waals surface area contributed by atoms with E-state index in [4.69, 9.17) is 16.2 Å². The molecule has 4 rings (SSSR count). The van der Waals surface area contributed by atoms with Crippen LogP contribution in [0.15, 0.2) is 54.3 Å². The van der Waals surface area contributed by atoms with Gasteiger partial charge in [0.15, 0.2) is 5.82 Å². The van der Waals surface area contributed by atoms with Crippen molar-refractivity contribution in [3.05, 3.63) is 77.4 Å². The molecule has 2 atom stereocenters. The van der Waals surface area contributed by atoms with Crippen LogP contribution in [-0.4, -0.2) is 32.9 Å². The third-order valence-electron chi connectivity index (χ3n) is 4.67. The number of nitrogens with one attached hydrogen (secondary N) is 1. The minimum absolute atomic E-state index is 0.0906. The molecule has 10 heteroatoms. The summed E-state index contributed by atoms with van der Waals surface area (Å²) in [4.78, 5) is 35.9. The number of carbonyl (C=O) groups is 2. The molecule has 1 aromatic heterocycles. The summed E-state index contributed by atoms with van der Waals surface area (Å²) in [6.45, 7) is 0.218. The smallest absolute Gasteiger partial charge is 0.286 e. The number of ether oxygens (including phenoxy) is 1. The van der Waals surface area contributed by atoms with Crippen molar-refractivity contribution in [1.29, 1.82) is 0 Å². The van der Waals surface area contributed by atoms with Gasteiger partial charge in [-0.1, -0.05) is 30.4 Å². The molecule has 0 fully saturated rings. The minimum Gasteiger partial charge on any atom is -0.492 e. The van der Waals surface area contributed by atoms with Crippen molar-refractivity contribution in [2.75, 3.05) is 5.32 Å². The molecule has 2 heterocycles. The number of nitrogens with zero attached hydrogens (tertiary/aromatic N) is 3. The summed E-state index contributed by atoms with van der Waals surface area (Å²) in [5.74, 6) is -2.13. The van der Waals surface area contributed by atoms with Crippen LogP contribution in [0.2, 0.25) is 0 Å². The number of fused-ring (bicyclic) bond motifs is 1. The highest BCUT2D eigenvalue weighted by Crippen LogP contribution is 2.38. The number of hydrogen-bond acceptors (Lipinski definition) is 7. The van der Waals surface area contributed by atoms with E-state index in [1.54, 1.807) is 24.3 Å². The zero-order valence-corrected chi connectivity index (χ0v) is 15.6. The fraction of sp³-hybridized carbons (Fsp3) is 0.150. The van der Waals surface area contributed by atoms with Crippen molar-refractivity contribution in [2.24, 2.45) is 17.4 Å². The maximum Gasteiger partial charge on any atom is 0.286 e. The molecule has 2 aliphatic rings. The summed E-state index contributed by atoms with van der Waals surface area (Å²) in [6.07, 6.45) is 5.94. The topological polar surface area (TPSA) is 146 Å². The molecule has 2 amide bonds. The number of nitrogens with two attached hydrogens (primary N) is 2. The maximum absolute atomic E-state index is 13.4. The second kappa shape index (κ2) is 7.74. The average molecular weight is 408 g/mol. The number of halogens is 1. The molecule has 2 unspecified atom stereocenters.